The third kappa shape index (κ3) is 1.62. The average Bonchev–Trinajstić information content (AvgIpc) is 2.20. The fourth-order valence-corrected chi connectivity index (χ4v) is 1.30. The molecule has 0 aliphatic carbocycles. The Balaban J connectivity index is 2.26. The van der Waals surface area contributed by atoms with Gasteiger partial charge in [-0.25, -0.2) is 0 Å². The molecule has 3 nitrogen and oxygen atoms in total. The number of amides is 1. The molecule has 1 aromatic carbocycles. The van der Waals surface area contributed by atoms with Crippen LogP contribution in [0.5, 0.6) is 0 Å². The molecule has 0 unspecified atom stereocenters. The van der Waals surface area contributed by atoms with E-state index in [1.165, 1.54) is 17.9 Å². The molecule has 1 amide bonds. The Bertz CT molecular complexity index is 367. The second-order valence-corrected chi connectivity index (χ2v) is 3.20. The molecule has 0 bridgehead atoms. The van der Waals surface area contributed by atoms with Gasteiger partial charge in [0.15, 0.2) is 6.73 Å². The normalized spacial score (nSPS) is 15.5. The maximum Gasteiger partial charge on any atom is 0.256 e. The summed E-state index contributed by atoms with van der Waals surface area (Å²) in [5.41, 5.74) is 2.04. The molecule has 0 aromatic heterocycles. The zero-order valence-corrected chi connectivity index (χ0v) is 7.93. The first-order valence-electron chi connectivity index (χ1n) is 4.44. The minimum absolute atomic E-state index is 0.0416. The number of ether oxygens (including phenoxy) is 1. The van der Waals surface area contributed by atoms with Crippen LogP contribution in [0.3, 0.4) is 0 Å². The second-order valence-electron chi connectivity index (χ2n) is 3.20. The molecular formula is C11H11NO2. The van der Waals surface area contributed by atoms with Crippen molar-refractivity contribution in [3.63, 3.8) is 0 Å². The van der Waals surface area contributed by atoms with Gasteiger partial charge in [0.2, 0.25) is 0 Å². The Labute approximate surface area is 82.6 Å². The van der Waals surface area contributed by atoms with E-state index in [1.807, 2.05) is 31.2 Å². The van der Waals surface area contributed by atoms with Crippen molar-refractivity contribution < 1.29 is 9.53 Å². The van der Waals surface area contributed by atoms with Crippen LogP contribution in [0, 0.1) is 6.92 Å². The van der Waals surface area contributed by atoms with Crippen molar-refractivity contribution in [2.45, 2.75) is 6.92 Å². The molecule has 72 valence electrons. The van der Waals surface area contributed by atoms with Crippen molar-refractivity contribution in [1.82, 2.24) is 0 Å². The Morgan fingerprint density at radius 1 is 1.29 bits per heavy atom. The SMILES string of the molecule is Cc1ccc(N2COC=CC2=O)cc1. The molecule has 0 N–H and O–H groups in total. The van der Waals surface area contributed by atoms with Gasteiger partial charge in [0.05, 0.1) is 6.26 Å². The summed E-state index contributed by atoms with van der Waals surface area (Å²) in [6.07, 6.45) is 2.84. The monoisotopic (exact) mass is 189 g/mol. The first-order chi connectivity index (χ1) is 6.77. The van der Waals surface area contributed by atoms with E-state index >= 15 is 0 Å². The van der Waals surface area contributed by atoms with Crippen LogP contribution >= 0.6 is 0 Å². The van der Waals surface area contributed by atoms with Crippen LogP contribution in [0.15, 0.2) is 36.6 Å². The first-order valence-corrected chi connectivity index (χ1v) is 4.44. The van der Waals surface area contributed by atoms with Gasteiger partial charge in [-0.1, -0.05) is 17.7 Å². The van der Waals surface area contributed by atoms with Gasteiger partial charge in [-0.3, -0.25) is 9.69 Å². The van der Waals surface area contributed by atoms with E-state index in [0.717, 1.165) is 5.69 Å². The molecule has 0 saturated heterocycles. The molecule has 0 saturated carbocycles. The summed E-state index contributed by atoms with van der Waals surface area (Å²) in [5, 5.41) is 0. The van der Waals surface area contributed by atoms with Crippen molar-refractivity contribution in [3.05, 3.63) is 42.2 Å². The summed E-state index contributed by atoms with van der Waals surface area (Å²) in [6, 6.07) is 7.77. The number of anilines is 1. The van der Waals surface area contributed by atoms with E-state index in [4.69, 9.17) is 4.74 Å². The van der Waals surface area contributed by atoms with Gasteiger partial charge in [0.25, 0.3) is 5.91 Å². The van der Waals surface area contributed by atoms with Crippen LogP contribution in [-0.4, -0.2) is 12.6 Å². The number of nitrogens with zero attached hydrogens (tertiary/aromatic N) is 1. The van der Waals surface area contributed by atoms with E-state index in [-0.39, 0.29) is 5.91 Å². The van der Waals surface area contributed by atoms with E-state index in [2.05, 4.69) is 0 Å². The predicted molar refractivity (Wildman–Crippen MR) is 53.8 cm³/mol. The number of carbonyl (C=O) groups is 1. The van der Waals surface area contributed by atoms with Crippen LogP contribution in [0.2, 0.25) is 0 Å². The summed E-state index contributed by atoms with van der Waals surface area (Å²) < 4.78 is 5.06. The fourth-order valence-electron chi connectivity index (χ4n) is 1.30. The van der Waals surface area contributed by atoms with Crippen molar-refractivity contribution in [2.75, 3.05) is 11.6 Å². The zero-order valence-electron chi connectivity index (χ0n) is 7.93. The van der Waals surface area contributed by atoms with E-state index < -0.39 is 0 Å². The number of rotatable bonds is 1. The molecule has 14 heavy (non-hydrogen) atoms. The Morgan fingerprint density at radius 2 is 2.00 bits per heavy atom. The lowest BCUT2D eigenvalue weighted by molar-refractivity contribution is -0.115. The minimum Gasteiger partial charge on any atom is -0.480 e. The molecule has 0 spiro atoms. The summed E-state index contributed by atoms with van der Waals surface area (Å²) in [4.78, 5) is 13.0. The van der Waals surface area contributed by atoms with E-state index in [9.17, 15) is 4.79 Å². The number of benzene rings is 1. The Kier molecular flexibility index (Phi) is 2.23. The van der Waals surface area contributed by atoms with Crippen molar-refractivity contribution in [1.29, 1.82) is 0 Å². The highest BCUT2D eigenvalue weighted by molar-refractivity contribution is 6.01. The van der Waals surface area contributed by atoms with Crippen LogP contribution in [0.1, 0.15) is 5.56 Å². The van der Waals surface area contributed by atoms with Crippen LogP contribution in [0.25, 0.3) is 0 Å². The lowest BCUT2D eigenvalue weighted by Gasteiger charge is -2.23. The smallest absolute Gasteiger partial charge is 0.256 e. The molecule has 3 heteroatoms. The van der Waals surface area contributed by atoms with Gasteiger partial charge >= 0.3 is 0 Å². The molecular weight excluding hydrogens is 178 g/mol. The molecule has 0 radical (unpaired) electrons. The van der Waals surface area contributed by atoms with Crippen LogP contribution in [-0.2, 0) is 9.53 Å². The fraction of sp³-hybridized carbons (Fsp3) is 0.182. The highest BCUT2D eigenvalue weighted by atomic mass is 16.5. The molecule has 2 rings (SSSR count). The summed E-state index contributed by atoms with van der Waals surface area (Å²) in [6.45, 7) is 2.30. The molecule has 1 aliphatic heterocycles. The maximum atomic E-state index is 11.4. The molecule has 1 aromatic rings. The molecule has 0 atom stereocenters. The van der Waals surface area contributed by atoms with Gasteiger partial charge < -0.3 is 4.74 Å². The standard InChI is InChI=1S/C11H11NO2/c1-9-2-4-10(5-3-9)12-8-14-7-6-11(12)13/h2-7H,8H2,1H3. The third-order valence-electron chi connectivity index (χ3n) is 2.12. The number of carbonyl (C=O) groups excluding carboxylic acids is 1. The molecule has 0 fully saturated rings. The largest absolute Gasteiger partial charge is 0.480 e. The van der Waals surface area contributed by atoms with Crippen molar-refractivity contribution in [2.24, 2.45) is 0 Å². The summed E-state index contributed by atoms with van der Waals surface area (Å²) in [5.74, 6) is -0.0416. The van der Waals surface area contributed by atoms with Gasteiger partial charge in [-0.2, -0.15) is 0 Å². The maximum absolute atomic E-state index is 11.4. The second kappa shape index (κ2) is 3.54. The number of hydrogen-bond acceptors (Lipinski definition) is 2. The van der Waals surface area contributed by atoms with Crippen LogP contribution in [0.4, 0.5) is 5.69 Å². The topological polar surface area (TPSA) is 29.5 Å². The van der Waals surface area contributed by atoms with E-state index in [1.54, 1.807) is 4.90 Å². The van der Waals surface area contributed by atoms with Crippen molar-refractivity contribution in [3.8, 4) is 0 Å². The highest BCUT2D eigenvalue weighted by Gasteiger charge is 2.15. The number of hydrogen-bond donors (Lipinski definition) is 0. The van der Waals surface area contributed by atoms with Crippen molar-refractivity contribution >= 4 is 11.6 Å². The average molecular weight is 189 g/mol. The first kappa shape index (κ1) is 8.81. The lowest BCUT2D eigenvalue weighted by Crippen LogP contribution is -2.33. The lowest BCUT2D eigenvalue weighted by atomic mass is 10.2. The summed E-state index contributed by atoms with van der Waals surface area (Å²) >= 11 is 0. The predicted octanol–water partition coefficient (Wildman–Crippen LogP) is 1.83. The van der Waals surface area contributed by atoms with Crippen LogP contribution < -0.4 is 4.90 Å². The van der Waals surface area contributed by atoms with Gasteiger partial charge in [-0.15, -0.1) is 0 Å². The van der Waals surface area contributed by atoms with Gasteiger partial charge in [0.1, 0.15) is 0 Å². The molecule has 1 aliphatic rings. The third-order valence-corrected chi connectivity index (χ3v) is 2.12. The Morgan fingerprint density at radius 3 is 2.64 bits per heavy atom. The van der Waals surface area contributed by atoms with E-state index in [0.29, 0.717) is 6.73 Å². The molecule has 1 heterocycles. The van der Waals surface area contributed by atoms with Gasteiger partial charge in [-0.05, 0) is 19.1 Å². The highest BCUT2D eigenvalue weighted by Crippen LogP contribution is 2.17. The number of aryl methyl sites for hydroxylation is 1. The van der Waals surface area contributed by atoms with Gasteiger partial charge in [0, 0.05) is 11.8 Å². The minimum atomic E-state index is -0.0416. The zero-order chi connectivity index (χ0) is 9.97. The Hall–Kier alpha value is -1.77. The quantitative estimate of drug-likeness (QED) is 0.674. The summed E-state index contributed by atoms with van der Waals surface area (Å²) in [7, 11) is 0.